The standard InChI is InChI=1S/C34H45N3O/c1-11-24(5)18-26(7)30(23(3)4)21-32(35-10)33-22-34(38)28(9)20-31(36-33)27(8)19-29(12-2)37-16-13-14-25(6)15-17-37/h11-12,18-19,21-22,26H,1,3,6,9,13-17,20H2,2,4-5,7-8,10H3/b24-18-,27-19-,29-12+,30-21-,35-32+. The minimum atomic E-state index is -0.120. The van der Waals surface area contributed by atoms with Gasteiger partial charge in [-0.1, -0.05) is 68.2 Å². The van der Waals surface area contributed by atoms with Crippen molar-refractivity contribution in [1.29, 1.82) is 0 Å². The van der Waals surface area contributed by atoms with E-state index >= 15 is 0 Å². The van der Waals surface area contributed by atoms with Gasteiger partial charge in [0.1, 0.15) is 0 Å². The molecular formula is C34H45N3O. The Kier molecular flexibility index (Phi) is 11.6. The molecule has 0 aromatic rings. The van der Waals surface area contributed by atoms with Gasteiger partial charge in [0, 0.05) is 44.0 Å². The minimum absolute atomic E-state index is 0.103. The summed E-state index contributed by atoms with van der Waals surface area (Å²) in [5.74, 6) is -0.0166. The highest BCUT2D eigenvalue weighted by Gasteiger charge is 2.20. The van der Waals surface area contributed by atoms with Gasteiger partial charge in [-0.2, -0.15) is 0 Å². The second-order valence-corrected chi connectivity index (χ2v) is 10.3. The van der Waals surface area contributed by atoms with Crippen molar-refractivity contribution in [2.75, 3.05) is 20.1 Å². The topological polar surface area (TPSA) is 45.0 Å². The Morgan fingerprint density at radius 2 is 1.87 bits per heavy atom. The first-order valence-corrected chi connectivity index (χ1v) is 13.4. The third-order valence-corrected chi connectivity index (χ3v) is 7.04. The fourth-order valence-corrected chi connectivity index (χ4v) is 4.66. The Hall–Kier alpha value is -3.53. The molecule has 0 aromatic carbocycles. The smallest absolute Gasteiger partial charge is 0.183 e. The average molecular weight is 512 g/mol. The first kappa shape index (κ1) is 30.7. The van der Waals surface area contributed by atoms with Gasteiger partial charge < -0.3 is 4.90 Å². The van der Waals surface area contributed by atoms with E-state index in [1.165, 1.54) is 11.3 Å². The Morgan fingerprint density at radius 1 is 1.16 bits per heavy atom. The van der Waals surface area contributed by atoms with E-state index in [0.717, 1.165) is 60.4 Å². The molecule has 0 radical (unpaired) electrons. The van der Waals surface area contributed by atoms with Crippen molar-refractivity contribution >= 4 is 17.2 Å². The van der Waals surface area contributed by atoms with Gasteiger partial charge in [-0.15, -0.1) is 0 Å². The summed E-state index contributed by atoms with van der Waals surface area (Å²) in [5.41, 5.74) is 9.10. The Labute approximate surface area is 230 Å². The van der Waals surface area contributed by atoms with E-state index in [9.17, 15) is 4.79 Å². The maximum absolute atomic E-state index is 12.9. The molecule has 0 aromatic heterocycles. The minimum Gasteiger partial charge on any atom is -0.371 e. The van der Waals surface area contributed by atoms with Crippen LogP contribution in [0, 0.1) is 5.92 Å². The van der Waals surface area contributed by atoms with Crippen LogP contribution in [0.2, 0.25) is 0 Å². The van der Waals surface area contributed by atoms with Crippen LogP contribution in [0.4, 0.5) is 0 Å². The van der Waals surface area contributed by atoms with Crippen LogP contribution in [0.25, 0.3) is 0 Å². The summed E-state index contributed by atoms with van der Waals surface area (Å²) in [6.45, 7) is 28.5. The second-order valence-electron chi connectivity index (χ2n) is 10.3. The molecule has 0 N–H and O–H groups in total. The Bertz CT molecular complexity index is 1210. The van der Waals surface area contributed by atoms with Crippen molar-refractivity contribution in [3.05, 3.63) is 108 Å². The van der Waals surface area contributed by atoms with Crippen LogP contribution in [0.15, 0.2) is 118 Å². The highest BCUT2D eigenvalue weighted by molar-refractivity contribution is 6.20. The van der Waals surface area contributed by atoms with Crippen LogP contribution >= 0.6 is 0 Å². The van der Waals surface area contributed by atoms with Crippen LogP contribution in [0.3, 0.4) is 0 Å². The molecule has 1 fully saturated rings. The third-order valence-electron chi connectivity index (χ3n) is 7.04. The van der Waals surface area contributed by atoms with Crippen LogP contribution in [-0.2, 0) is 4.79 Å². The fourth-order valence-electron chi connectivity index (χ4n) is 4.66. The lowest BCUT2D eigenvalue weighted by Gasteiger charge is -2.24. The first-order valence-electron chi connectivity index (χ1n) is 13.4. The molecule has 38 heavy (non-hydrogen) atoms. The maximum Gasteiger partial charge on any atom is 0.183 e. The van der Waals surface area contributed by atoms with Gasteiger partial charge in [0.05, 0.1) is 11.4 Å². The third kappa shape index (κ3) is 8.51. The van der Waals surface area contributed by atoms with E-state index < -0.39 is 0 Å². The molecule has 1 atom stereocenters. The highest BCUT2D eigenvalue weighted by Crippen LogP contribution is 2.26. The van der Waals surface area contributed by atoms with Crippen LogP contribution in [0.5, 0.6) is 0 Å². The predicted molar refractivity (Wildman–Crippen MR) is 166 cm³/mol. The van der Waals surface area contributed by atoms with E-state index in [1.807, 2.05) is 26.0 Å². The van der Waals surface area contributed by atoms with Crippen molar-refractivity contribution in [2.24, 2.45) is 15.9 Å². The number of aliphatic imine (C=N–C) groups is 2. The molecule has 1 saturated heterocycles. The molecule has 0 spiro atoms. The lowest BCUT2D eigenvalue weighted by atomic mass is 9.92. The quantitative estimate of drug-likeness (QED) is 0.136. The van der Waals surface area contributed by atoms with Gasteiger partial charge >= 0.3 is 0 Å². The number of rotatable bonds is 9. The summed E-state index contributed by atoms with van der Waals surface area (Å²) in [7, 11) is 1.73. The van der Waals surface area contributed by atoms with Gasteiger partial charge in [-0.05, 0) is 81.7 Å². The zero-order chi connectivity index (χ0) is 28.4. The summed E-state index contributed by atoms with van der Waals surface area (Å²) >= 11 is 0. The summed E-state index contributed by atoms with van der Waals surface area (Å²) in [6.07, 6.45) is 15.5. The van der Waals surface area contributed by atoms with Gasteiger partial charge in [0.25, 0.3) is 0 Å². The van der Waals surface area contributed by atoms with Gasteiger partial charge in [0.15, 0.2) is 5.78 Å². The predicted octanol–water partition coefficient (Wildman–Crippen LogP) is 8.07. The van der Waals surface area contributed by atoms with Crippen LogP contribution < -0.4 is 0 Å². The normalized spacial score (nSPS) is 20.0. The number of hydrogen-bond donors (Lipinski definition) is 0. The van der Waals surface area contributed by atoms with E-state index in [4.69, 9.17) is 4.99 Å². The number of ketones is 1. The van der Waals surface area contributed by atoms with E-state index in [-0.39, 0.29) is 11.7 Å². The number of carbonyl (C=O) groups excluding carboxylic acids is 1. The van der Waals surface area contributed by atoms with Gasteiger partial charge in [0.2, 0.25) is 0 Å². The number of nitrogens with zero attached hydrogens (tertiary/aromatic N) is 3. The number of likely N-dealkylation sites (tertiary alicyclic amines) is 1. The molecule has 2 heterocycles. The zero-order valence-electron chi connectivity index (χ0n) is 24.4. The Balaban J connectivity index is 2.51. The van der Waals surface area contributed by atoms with Gasteiger partial charge in [-0.3, -0.25) is 14.8 Å². The van der Waals surface area contributed by atoms with E-state index in [0.29, 0.717) is 23.4 Å². The average Bonchev–Trinajstić information content (AvgIpc) is 3.18. The molecule has 202 valence electrons. The molecule has 2 aliphatic rings. The zero-order valence-corrected chi connectivity index (χ0v) is 24.4. The highest BCUT2D eigenvalue weighted by atomic mass is 16.1. The summed E-state index contributed by atoms with van der Waals surface area (Å²) < 4.78 is 0. The van der Waals surface area contributed by atoms with E-state index in [1.54, 1.807) is 13.1 Å². The van der Waals surface area contributed by atoms with Crippen molar-refractivity contribution in [1.82, 2.24) is 4.90 Å². The molecule has 2 rings (SSSR count). The van der Waals surface area contributed by atoms with Crippen molar-refractivity contribution in [2.45, 2.75) is 60.3 Å². The Morgan fingerprint density at radius 3 is 2.47 bits per heavy atom. The van der Waals surface area contributed by atoms with Gasteiger partial charge in [-0.25, -0.2) is 0 Å². The number of carbonyl (C=O) groups is 1. The largest absolute Gasteiger partial charge is 0.371 e. The molecule has 0 bridgehead atoms. The lowest BCUT2D eigenvalue weighted by Crippen LogP contribution is -2.23. The monoisotopic (exact) mass is 511 g/mol. The lowest BCUT2D eigenvalue weighted by molar-refractivity contribution is -0.111. The molecule has 0 aliphatic carbocycles. The van der Waals surface area contributed by atoms with Crippen molar-refractivity contribution in [3.63, 3.8) is 0 Å². The first-order chi connectivity index (χ1) is 18.0. The number of allylic oxidation sites excluding steroid dienone is 11. The molecule has 4 heteroatoms. The van der Waals surface area contributed by atoms with Crippen molar-refractivity contribution < 1.29 is 4.79 Å². The fraction of sp³-hybridized carbons (Fsp3) is 0.382. The SMILES string of the molecule is C=C/C(C)=C\C(C)/C(=C\C(=N/C)C1=CC(=O)C(=C)CC(/C(C)=C\C(=C/C)N2CCCC(=C)CC2)=N1)C(=C)C. The summed E-state index contributed by atoms with van der Waals surface area (Å²) in [5, 5.41) is 0. The molecule has 1 unspecified atom stereocenters. The second kappa shape index (κ2) is 14.4. The molecule has 4 nitrogen and oxygen atoms in total. The van der Waals surface area contributed by atoms with Crippen LogP contribution in [0.1, 0.15) is 60.3 Å². The molecular weight excluding hydrogens is 466 g/mol. The van der Waals surface area contributed by atoms with Crippen LogP contribution in [-0.4, -0.2) is 42.2 Å². The molecule has 2 aliphatic heterocycles. The maximum atomic E-state index is 12.9. The number of hydrogen-bond acceptors (Lipinski definition) is 4. The summed E-state index contributed by atoms with van der Waals surface area (Å²) in [6, 6.07) is 0. The molecule has 0 amide bonds. The molecule has 0 saturated carbocycles. The summed E-state index contributed by atoms with van der Waals surface area (Å²) in [4.78, 5) is 24.9. The van der Waals surface area contributed by atoms with Crippen molar-refractivity contribution in [3.8, 4) is 0 Å². The van der Waals surface area contributed by atoms with E-state index in [2.05, 4.69) is 75.2 Å².